The summed E-state index contributed by atoms with van der Waals surface area (Å²) in [6.07, 6.45) is 1.40. The lowest BCUT2D eigenvalue weighted by molar-refractivity contribution is -0.137. The summed E-state index contributed by atoms with van der Waals surface area (Å²) in [5, 5.41) is 12.8. The zero-order valence-electron chi connectivity index (χ0n) is 15.2. The van der Waals surface area contributed by atoms with Gasteiger partial charge in [0.2, 0.25) is 5.91 Å². The molecule has 0 bridgehead atoms. The molecule has 3 rings (SSSR count). The van der Waals surface area contributed by atoms with E-state index in [4.69, 9.17) is 17.3 Å². The number of hydrogen-bond acceptors (Lipinski definition) is 6. The van der Waals surface area contributed by atoms with Crippen LogP contribution in [0, 0.1) is 11.6 Å². The molecular weight excluding hydrogens is 454 g/mol. The Morgan fingerprint density at radius 3 is 2.67 bits per heavy atom. The predicted octanol–water partition coefficient (Wildman–Crippen LogP) is 3.49. The van der Waals surface area contributed by atoms with E-state index < -0.39 is 29.4 Å². The highest BCUT2D eigenvalue weighted by Gasteiger charge is 2.33. The molecule has 1 aliphatic heterocycles. The van der Waals surface area contributed by atoms with E-state index in [9.17, 15) is 23.2 Å². The fraction of sp³-hybridized carbons (Fsp3) is 0.158. The van der Waals surface area contributed by atoms with Crippen LogP contribution < -0.4 is 5.32 Å². The first-order chi connectivity index (χ1) is 14.2. The summed E-state index contributed by atoms with van der Waals surface area (Å²) in [7, 11) is 0. The number of halogens is 2. The molecule has 6 nitrogen and oxygen atoms in total. The molecule has 0 radical (unpaired) electrons. The molecule has 1 saturated heterocycles. The van der Waals surface area contributed by atoms with Gasteiger partial charge in [-0.05, 0) is 40.8 Å². The van der Waals surface area contributed by atoms with Crippen molar-refractivity contribution in [3.05, 3.63) is 51.1 Å². The number of thiophene rings is 1. The van der Waals surface area contributed by atoms with Gasteiger partial charge >= 0.3 is 5.97 Å². The van der Waals surface area contributed by atoms with Gasteiger partial charge in [-0.3, -0.25) is 19.3 Å². The lowest BCUT2D eigenvalue weighted by Crippen LogP contribution is -2.40. The van der Waals surface area contributed by atoms with Crippen LogP contribution in [-0.2, 0) is 14.4 Å². The van der Waals surface area contributed by atoms with Crippen molar-refractivity contribution in [3.63, 3.8) is 0 Å². The molecule has 11 heteroatoms. The van der Waals surface area contributed by atoms with Gasteiger partial charge in [0.05, 0.1) is 11.3 Å². The molecule has 1 aliphatic rings. The largest absolute Gasteiger partial charge is 0.481 e. The Morgan fingerprint density at radius 2 is 1.97 bits per heavy atom. The molecule has 0 saturated carbocycles. The summed E-state index contributed by atoms with van der Waals surface area (Å²) in [6, 6.07) is 5.35. The van der Waals surface area contributed by atoms with Crippen molar-refractivity contribution < 1.29 is 28.3 Å². The number of carboxylic acid groups (broad SMARTS) is 1. The number of thiocarbonyl (C=S) groups is 1. The maximum atomic E-state index is 13.4. The van der Waals surface area contributed by atoms with Gasteiger partial charge in [0, 0.05) is 11.4 Å². The Labute approximate surface area is 183 Å². The molecule has 0 atom stereocenters. The number of carboxylic acids is 1. The quantitative estimate of drug-likeness (QED) is 0.478. The van der Waals surface area contributed by atoms with E-state index in [-0.39, 0.29) is 23.8 Å². The minimum absolute atomic E-state index is 0.0409. The number of benzene rings is 1. The van der Waals surface area contributed by atoms with Gasteiger partial charge in [0.25, 0.3) is 5.91 Å². The topological polar surface area (TPSA) is 86.7 Å². The Morgan fingerprint density at radius 1 is 1.20 bits per heavy atom. The van der Waals surface area contributed by atoms with E-state index >= 15 is 0 Å². The number of thioether (sulfide) groups is 1. The van der Waals surface area contributed by atoms with E-state index in [1.165, 1.54) is 17.4 Å². The van der Waals surface area contributed by atoms with Gasteiger partial charge in [-0.25, -0.2) is 8.78 Å². The average Bonchev–Trinajstić information content (AvgIpc) is 3.24. The lowest BCUT2D eigenvalue weighted by Gasteiger charge is -2.13. The molecule has 1 fully saturated rings. The van der Waals surface area contributed by atoms with E-state index in [0.29, 0.717) is 20.9 Å². The van der Waals surface area contributed by atoms with Crippen LogP contribution in [0.5, 0.6) is 0 Å². The number of carbonyl (C=O) groups is 3. The molecule has 0 unspecified atom stereocenters. The first-order valence-corrected chi connectivity index (χ1v) is 10.6. The summed E-state index contributed by atoms with van der Waals surface area (Å²) in [4.78, 5) is 37.2. The van der Waals surface area contributed by atoms with Crippen LogP contribution in [0.15, 0.2) is 34.6 Å². The third kappa shape index (κ3) is 5.29. The van der Waals surface area contributed by atoms with Crippen molar-refractivity contribution in [2.45, 2.75) is 6.42 Å². The van der Waals surface area contributed by atoms with Crippen molar-refractivity contribution in [3.8, 4) is 11.1 Å². The highest BCUT2D eigenvalue weighted by atomic mass is 32.2. The summed E-state index contributed by atoms with van der Waals surface area (Å²) in [5.41, 5.74) is 1.19. The van der Waals surface area contributed by atoms with Crippen LogP contribution in [-0.4, -0.2) is 45.2 Å². The summed E-state index contributed by atoms with van der Waals surface area (Å²) in [5.74, 6) is -3.85. The third-order valence-corrected chi connectivity index (χ3v) is 6.24. The van der Waals surface area contributed by atoms with Crippen LogP contribution >= 0.6 is 35.3 Å². The third-order valence-electron chi connectivity index (χ3n) is 3.98. The van der Waals surface area contributed by atoms with Crippen molar-refractivity contribution in [1.82, 2.24) is 10.2 Å². The van der Waals surface area contributed by atoms with E-state index in [1.54, 1.807) is 17.5 Å². The molecule has 2 N–H and O–H groups in total. The Balaban J connectivity index is 1.68. The standard InChI is InChI=1S/C19H14F2N2O4S3/c20-13-2-1-10(6-14(13)21)11-5-12(29-9-11)7-15-18(27)23(19(28)30-15)8-16(24)22-4-3-17(25)26/h1-2,5-7,9H,3-4,8H2,(H,22,24)(H,25,26). The highest BCUT2D eigenvalue weighted by molar-refractivity contribution is 8.26. The molecule has 2 amide bonds. The van der Waals surface area contributed by atoms with Crippen LogP contribution in [0.3, 0.4) is 0 Å². The van der Waals surface area contributed by atoms with Crippen molar-refractivity contribution in [2.75, 3.05) is 13.1 Å². The van der Waals surface area contributed by atoms with E-state index in [2.05, 4.69) is 5.32 Å². The minimum Gasteiger partial charge on any atom is -0.481 e. The maximum absolute atomic E-state index is 13.4. The van der Waals surface area contributed by atoms with Gasteiger partial charge in [0.1, 0.15) is 10.9 Å². The SMILES string of the molecule is O=C(O)CCNC(=O)CN1C(=O)C(=Cc2cc(-c3ccc(F)c(F)c3)cs2)SC1=S. The molecule has 2 heterocycles. The van der Waals surface area contributed by atoms with Crippen LogP contribution in [0.4, 0.5) is 8.78 Å². The number of nitrogens with one attached hydrogen (secondary N) is 1. The van der Waals surface area contributed by atoms with Crippen molar-refractivity contribution in [1.29, 1.82) is 0 Å². The monoisotopic (exact) mass is 468 g/mol. The predicted molar refractivity (Wildman–Crippen MR) is 115 cm³/mol. The van der Waals surface area contributed by atoms with Crippen LogP contribution in [0.2, 0.25) is 0 Å². The minimum atomic E-state index is -1.04. The van der Waals surface area contributed by atoms with E-state index in [0.717, 1.165) is 28.8 Å². The summed E-state index contributed by atoms with van der Waals surface area (Å²) in [6.45, 7) is -0.340. The van der Waals surface area contributed by atoms with Gasteiger partial charge in [0.15, 0.2) is 11.6 Å². The first-order valence-electron chi connectivity index (χ1n) is 8.52. The molecule has 0 spiro atoms. The fourth-order valence-corrected chi connectivity index (χ4v) is 4.70. The van der Waals surface area contributed by atoms with Crippen molar-refractivity contribution in [2.24, 2.45) is 0 Å². The second kappa shape index (κ2) is 9.45. The Kier molecular flexibility index (Phi) is 6.95. The zero-order valence-corrected chi connectivity index (χ0v) is 17.6. The van der Waals surface area contributed by atoms with Gasteiger partial charge in [-0.1, -0.05) is 30.0 Å². The molecular formula is C19H14F2N2O4S3. The average molecular weight is 469 g/mol. The Hall–Kier alpha value is -2.63. The van der Waals surface area contributed by atoms with Gasteiger partial charge < -0.3 is 10.4 Å². The number of rotatable bonds is 7. The van der Waals surface area contributed by atoms with E-state index in [1.807, 2.05) is 0 Å². The smallest absolute Gasteiger partial charge is 0.305 e. The molecule has 30 heavy (non-hydrogen) atoms. The lowest BCUT2D eigenvalue weighted by atomic mass is 10.1. The fourth-order valence-electron chi connectivity index (χ4n) is 2.53. The molecule has 0 aliphatic carbocycles. The normalized spacial score (nSPS) is 15.1. The van der Waals surface area contributed by atoms with Gasteiger partial charge in [-0.2, -0.15) is 0 Å². The number of hydrogen-bond donors (Lipinski definition) is 2. The molecule has 1 aromatic heterocycles. The second-order valence-electron chi connectivity index (χ2n) is 6.13. The number of nitrogens with zero attached hydrogens (tertiary/aromatic N) is 1. The molecule has 1 aromatic carbocycles. The Bertz CT molecular complexity index is 1070. The summed E-state index contributed by atoms with van der Waals surface area (Å²) >= 11 is 7.54. The number of amides is 2. The van der Waals surface area contributed by atoms with Gasteiger partial charge in [-0.15, -0.1) is 11.3 Å². The molecule has 2 aromatic rings. The zero-order chi connectivity index (χ0) is 21.8. The summed E-state index contributed by atoms with van der Waals surface area (Å²) < 4.78 is 26.8. The van der Waals surface area contributed by atoms with Crippen molar-refractivity contribution >= 4 is 63.5 Å². The van der Waals surface area contributed by atoms with Crippen LogP contribution in [0.25, 0.3) is 17.2 Å². The highest BCUT2D eigenvalue weighted by Crippen LogP contribution is 2.35. The maximum Gasteiger partial charge on any atom is 0.305 e. The number of aliphatic carboxylic acids is 1. The molecule has 156 valence electrons. The number of carbonyl (C=O) groups excluding carboxylic acids is 2. The van der Waals surface area contributed by atoms with Crippen LogP contribution in [0.1, 0.15) is 11.3 Å². The second-order valence-corrected chi connectivity index (χ2v) is 8.75. The first kappa shape index (κ1) is 22.1.